The molecule has 0 bridgehead atoms. The van der Waals surface area contributed by atoms with Crippen LogP contribution >= 0.6 is 11.6 Å². The van der Waals surface area contributed by atoms with Gasteiger partial charge in [-0.05, 0) is 74.1 Å². The molecule has 2 aromatic rings. The number of amides is 1. The molecule has 3 rings (SSSR count). The van der Waals surface area contributed by atoms with Gasteiger partial charge in [-0.15, -0.1) is 0 Å². The van der Waals surface area contributed by atoms with E-state index in [0.717, 1.165) is 29.8 Å². The van der Waals surface area contributed by atoms with Crippen molar-refractivity contribution in [3.8, 4) is 5.75 Å². The molecule has 0 aromatic heterocycles. The first-order valence-electron chi connectivity index (χ1n) is 8.50. The van der Waals surface area contributed by atoms with Crippen molar-refractivity contribution in [1.82, 2.24) is 0 Å². The van der Waals surface area contributed by atoms with Crippen LogP contribution in [0.4, 0.5) is 5.69 Å². The molecular formula is C20H22ClNO2. The van der Waals surface area contributed by atoms with Gasteiger partial charge in [-0.3, -0.25) is 4.79 Å². The van der Waals surface area contributed by atoms with E-state index in [9.17, 15) is 4.79 Å². The second kappa shape index (κ2) is 8.20. The fourth-order valence-electron chi connectivity index (χ4n) is 2.95. The Balaban J connectivity index is 1.46. The molecule has 0 saturated heterocycles. The Hall–Kier alpha value is -2.00. The summed E-state index contributed by atoms with van der Waals surface area (Å²) in [6, 6.07) is 15.2. The molecule has 1 aliphatic carbocycles. The molecule has 0 heterocycles. The lowest BCUT2D eigenvalue weighted by molar-refractivity contribution is -0.116. The third kappa shape index (κ3) is 5.00. The van der Waals surface area contributed by atoms with Gasteiger partial charge in [0.1, 0.15) is 5.75 Å². The molecule has 3 nitrogen and oxygen atoms in total. The van der Waals surface area contributed by atoms with Crippen LogP contribution in [-0.2, 0) is 11.2 Å². The molecule has 1 N–H and O–H groups in total. The topological polar surface area (TPSA) is 38.3 Å². The van der Waals surface area contributed by atoms with E-state index >= 15 is 0 Å². The van der Waals surface area contributed by atoms with Gasteiger partial charge in [0.2, 0.25) is 5.91 Å². The van der Waals surface area contributed by atoms with E-state index in [4.69, 9.17) is 16.3 Å². The first-order chi connectivity index (χ1) is 11.7. The minimum absolute atomic E-state index is 0.00871. The van der Waals surface area contributed by atoms with E-state index < -0.39 is 0 Å². The Morgan fingerprint density at radius 3 is 2.38 bits per heavy atom. The lowest BCUT2D eigenvalue weighted by Gasteiger charge is -2.13. The van der Waals surface area contributed by atoms with Gasteiger partial charge in [-0.25, -0.2) is 0 Å². The number of nitrogens with one attached hydrogen (secondary N) is 1. The number of carbonyl (C=O) groups excluding carboxylic acids is 1. The summed E-state index contributed by atoms with van der Waals surface area (Å²) in [4.78, 5) is 12.0. The number of rotatable bonds is 6. The van der Waals surface area contributed by atoms with E-state index in [2.05, 4.69) is 5.32 Å². The van der Waals surface area contributed by atoms with Gasteiger partial charge in [0.25, 0.3) is 0 Å². The summed E-state index contributed by atoms with van der Waals surface area (Å²) in [5, 5.41) is 3.64. The number of ether oxygens (including phenoxy) is 1. The highest BCUT2D eigenvalue weighted by Crippen LogP contribution is 2.25. The lowest BCUT2D eigenvalue weighted by atomic mass is 10.1. The third-order valence-electron chi connectivity index (χ3n) is 4.30. The van der Waals surface area contributed by atoms with Crippen molar-refractivity contribution in [2.45, 2.75) is 44.6 Å². The Labute approximate surface area is 148 Å². The molecule has 0 spiro atoms. The summed E-state index contributed by atoms with van der Waals surface area (Å²) in [6.07, 6.45) is 6.30. The molecule has 1 aliphatic rings. The van der Waals surface area contributed by atoms with Gasteiger partial charge in [0.15, 0.2) is 0 Å². The number of aryl methyl sites for hydroxylation is 1. The Bertz CT molecular complexity index is 661. The molecular weight excluding hydrogens is 322 g/mol. The van der Waals surface area contributed by atoms with Crippen LogP contribution in [0.3, 0.4) is 0 Å². The van der Waals surface area contributed by atoms with Crippen LogP contribution < -0.4 is 10.1 Å². The number of carbonyl (C=O) groups is 1. The maximum absolute atomic E-state index is 12.0. The minimum Gasteiger partial charge on any atom is -0.490 e. The summed E-state index contributed by atoms with van der Waals surface area (Å²) in [5.41, 5.74) is 1.91. The quantitative estimate of drug-likeness (QED) is 0.779. The van der Waals surface area contributed by atoms with Crippen molar-refractivity contribution in [1.29, 1.82) is 0 Å². The van der Waals surface area contributed by atoms with Crippen molar-refractivity contribution in [2.75, 3.05) is 5.32 Å². The average Bonchev–Trinajstić information content (AvgIpc) is 3.09. The zero-order chi connectivity index (χ0) is 16.8. The fraction of sp³-hybridized carbons (Fsp3) is 0.350. The Morgan fingerprint density at radius 1 is 1.04 bits per heavy atom. The van der Waals surface area contributed by atoms with Crippen molar-refractivity contribution >= 4 is 23.2 Å². The van der Waals surface area contributed by atoms with Crippen LogP contribution in [0.15, 0.2) is 48.5 Å². The Morgan fingerprint density at radius 2 is 1.71 bits per heavy atom. The van der Waals surface area contributed by atoms with E-state index in [1.807, 2.05) is 48.5 Å². The molecule has 1 amide bonds. The maximum atomic E-state index is 12.0. The van der Waals surface area contributed by atoms with Gasteiger partial charge >= 0.3 is 0 Å². The van der Waals surface area contributed by atoms with E-state index in [1.165, 1.54) is 12.8 Å². The summed E-state index contributed by atoms with van der Waals surface area (Å²) in [6.45, 7) is 0. The van der Waals surface area contributed by atoms with Crippen LogP contribution in [0.2, 0.25) is 5.02 Å². The van der Waals surface area contributed by atoms with Crippen LogP contribution in [-0.4, -0.2) is 12.0 Å². The van der Waals surface area contributed by atoms with Crippen molar-refractivity contribution < 1.29 is 9.53 Å². The molecule has 0 atom stereocenters. The predicted octanol–water partition coefficient (Wildman–Crippen LogP) is 5.23. The van der Waals surface area contributed by atoms with Crippen molar-refractivity contribution in [2.24, 2.45) is 0 Å². The fourth-order valence-corrected chi connectivity index (χ4v) is 3.07. The second-order valence-electron chi connectivity index (χ2n) is 6.22. The SMILES string of the molecule is O=C(CCc1ccc(Cl)cc1)Nc1ccc(OC2CCCC2)cc1. The lowest BCUT2D eigenvalue weighted by Crippen LogP contribution is -2.13. The number of hydrogen-bond acceptors (Lipinski definition) is 2. The van der Waals surface area contributed by atoms with Crippen LogP contribution in [0.25, 0.3) is 0 Å². The molecule has 0 aliphatic heterocycles. The number of anilines is 1. The Kier molecular flexibility index (Phi) is 5.76. The van der Waals surface area contributed by atoms with E-state index in [0.29, 0.717) is 24.0 Å². The average molecular weight is 344 g/mol. The second-order valence-corrected chi connectivity index (χ2v) is 6.66. The largest absolute Gasteiger partial charge is 0.490 e. The molecule has 0 unspecified atom stereocenters. The number of halogens is 1. The molecule has 4 heteroatoms. The predicted molar refractivity (Wildman–Crippen MR) is 97.7 cm³/mol. The monoisotopic (exact) mass is 343 g/mol. The summed E-state index contributed by atoms with van der Waals surface area (Å²) >= 11 is 5.86. The zero-order valence-corrected chi connectivity index (χ0v) is 14.4. The van der Waals surface area contributed by atoms with E-state index in [1.54, 1.807) is 0 Å². The van der Waals surface area contributed by atoms with Crippen LogP contribution in [0.5, 0.6) is 5.75 Å². The van der Waals surface area contributed by atoms with Gasteiger partial charge in [-0.2, -0.15) is 0 Å². The molecule has 24 heavy (non-hydrogen) atoms. The van der Waals surface area contributed by atoms with Gasteiger partial charge in [0.05, 0.1) is 6.10 Å². The first-order valence-corrected chi connectivity index (χ1v) is 8.88. The van der Waals surface area contributed by atoms with Crippen molar-refractivity contribution in [3.05, 3.63) is 59.1 Å². The molecule has 1 fully saturated rings. The molecule has 1 saturated carbocycles. The van der Waals surface area contributed by atoms with Gasteiger partial charge in [-0.1, -0.05) is 23.7 Å². The summed E-state index contributed by atoms with van der Waals surface area (Å²) in [7, 11) is 0. The van der Waals surface area contributed by atoms with Gasteiger partial charge < -0.3 is 10.1 Å². The van der Waals surface area contributed by atoms with Gasteiger partial charge in [0, 0.05) is 17.1 Å². The summed E-state index contributed by atoms with van der Waals surface area (Å²) < 4.78 is 5.93. The number of hydrogen-bond donors (Lipinski definition) is 1. The number of benzene rings is 2. The molecule has 0 radical (unpaired) electrons. The highest BCUT2D eigenvalue weighted by Gasteiger charge is 2.16. The normalized spacial score (nSPS) is 14.5. The third-order valence-corrected chi connectivity index (χ3v) is 4.55. The highest BCUT2D eigenvalue weighted by atomic mass is 35.5. The smallest absolute Gasteiger partial charge is 0.224 e. The van der Waals surface area contributed by atoms with Crippen molar-refractivity contribution in [3.63, 3.8) is 0 Å². The van der Waals surface area contributed by atoms with Crippen LogP contribution in [0.1, 0.15) is 37.7 Å². The van der Waals surface area contributed by atoms with Crippen LogP contribution in [0, 0.1) is 0 Å². The highest BCUT2D eigenvalue weighted by molar-refractivity contribution is 6.30. The molecule has 126 valence electrons. The maximum Gasteiger partial charge on any atom is 0.224 e. The summed E-state index contributed by atoms with van der Waals surface area (Å²) in [5.74, 6) is 0.885. The zero-order valence-electron chi connectivity index (χ0n) is 13.6. The first kappa shape index (κ1) is 16.8. The molecule has 2 aromatic carbocycles. The van der Waals surface area contributed by atoms with E-state index in [-0.39, 0.29) is 5.91 Å². The standard InChI is InChI=1S/C20H22ClNO2/c21-16-8-5-15(6-9-16)7-14-20(23)22-17-10-12-19(13-11-17)24-18-3-1-2-4-18/h5-6,8-13,18H,1-4,7,14H2,(H,22,23). The minimum atomic E-state index is 0.00871.